The number of nitrogens with two attached hydrogens (primary N) is 2. The second-order valence-electron chi connectivity index (χ2n) is 6.30. The maximum atomic E-state index is 12.5. The van der Waals surface area contributed by atoms with Gasteiger partial charge in [-0.25, -0.2) is 0 Å². The number of fused-ring (bicyclic) bond motifs is 1. The molecule has 4 nitrogen and oxygen atoms in total. The van der Waals surface area contributed by atoms with Crippen molar-refractivity contribution in [1.82, 2.24) is 5.32 Å². The number of hydrogen-bond acceptors (Lipinski definition) is 3. The van der Waals surface area contributed by atoms with Crippen LogP contribution < -0.4 is 16.8 Å². The van der Waals surface area contributed by atoms with Gasteiger partial charge in [-0.3, -0.25) is 4.79 Å². The van der Waals surface area contributed by atoms with Crippen LogP contribution in [0, 0.1) is 6.92 Å². The van der Waals surface area contributed by atoms with Crippen LogP contribution in [0.1, 0.15) is 47.2 Å². The SMILES string of the molecule is Cc1ccc(C(N)C(=O)NC2CCCc3cc(N)ccc32)cc1. The molecule has 5 N–H and O–H groups in total. The van der Waals surface area contributed by atoms with Crippen molar-refractivity contribution in [2.45, 2.75) is 38.3 Å². The number of rotatable bonds is 3. The zero-order valence-corrected chi connectivity index (χ0v) is 13.4. The van der Waals surface area contributed by atoms with Gasteiger partial charge in [-0.1, -0.05) is 35.9 Å². The van der Waals surface area contributed by atoms with Crippen LogP contribution >= 0.6 is 0 Å². The van der Waals surface area contributed by atoms with Gasteiger partial charge >= 0.3 is 0 Å². The Morgan fingerprint density at radius 3 is 2.70 bits per heavy atom. The van der Waals surface area contributed by atoms with Crippen LogP contribution in [0.3, 0.4) is 0 Å². The molecule has 2 unspecified atom stereocenters. The Kier molecular flexibility index (Phi) is 4.35. The average molecular weight is 309 g/mol. The third kappa shape index (κ3) is 3.37. The Hall–Kier alpha value is -2.33. The fraction of sp³-hybridized carbons (Fsp3) is 0.316. The van der Waals surface area contributed by atoms with Crippen LogP contribution in [0.15, 0.2) is 42.5 Å². The predicted octanol–water partition coefficient (Wildman–Crippen LogP) is 2.77. The Morgan fingerprint density at radius 1 is 1.22 bits per heavy atom. The van der Waals surface area contributed by atoms with Gasteiger partial charge in [-0.05, 0) is 55.0 Å². The van der Waals surface area contributed by atoms with Crippen molar-refractivity contribution >= 4 is 11.6 Å². The zero-order valence-electron chi connectivity index (χ0n) is 13.4. The number of nitrogens with one attached hydrogen (secondary N) is 1. The molecule has 0 saturated heterocycles. The van der Waals surface area contributed by atoms with Gasteiger partial charge in [0.25, 0.3) is 0 Å². The van der Waals surface area contributed by atoms with E-state index in [1.165, 1.54) is 5.56 Å². The fourth-order valence-corrected chi connectivity index (χ4v) is 3.17. The van der Waals surface area contributed by atoms with E-state index < -0.39 is 6.04 Å². The summed E-state index contributed by atoms with van der Waals surface area (Å²) in [5.74, 6) is -0.136. The molecule has 1 aliphatic carbocycles. The Labute approximate surface area is 136 Å². The lowest BCUT2D eigenvalue weighted by atomic mass is 9.87. The minimum Gasteiger partial charge on any atom is -0.399 e. The molecule has 2 aromatic carbocycles. The molecule has 0 spiro atoms. The summed E-state index contributed by atoms with van der Waals surface area (Å²) in [5, 5.41) is 3.10. The number of amides is 1. The Bertz CT molecular complexity index is 709. The van der Waals surface area contributed by atoms with Gasteiger partial charge in [0.1, 0.15) is 6.04 Å². The first kappa shape index (κ1) is 15.6. The highest BCUT2D eigenvalue weighted by Gasteiger charge is 2.24. The normalized spacial score (nSPS) is 18.1. The third-order valence-corrected chi connectivity index (χ3v) is 4.52. The smallest absolute Gasteiger partial charge is 0.241 e. The molecule has 0 aromatic heterocycles. The lowest BCUT2D eigenvalue weighted by Crippen LogP contribution is -2.37. The second-order valence-corrected chi connectivity index (χ2v) is 6.30. The molecule has 2 aromatic rings. The molecule has 23 heavy (non-hydrogen) atoms. The summed E-state index contributed by atoms with van der Waals surface area (Å²) < 4.78 is 0. The first-order valence-electron chi connectivity index (χ1n) is 8.05. The summed E-state index contributed by atoms with van der Waals surface area (Å²) in [6, 6.07) is 13.1. The summed E-state index contributed by atoms with van der Waals surface area (Å²) in [7, 11) is 0. The molecule has 0 saturated carbocycles. The molecule has 4 heteroatoms. The van der Waals surface area contributed by atoms with Crippen molar-refractivity contribution in [2.75, 3.05) is 5.73 Å². The largest absolute Gasteiger partial charge is 0.399 e. The molecule has 1 amide bonds. The molecule has 0 bridgehead atoms. The summed E-state index contributed by atoms with van der Waals surface area (Å²) in [5.41, 5.74) is 17.1. The molecule has 120 valence electrons. The molecular weight excluding hydrogens is 286 g/mol. The fourth-order valence-electron chi connectivity index (χ4n) is 3.17. The molecule has 0 radical (unpaired) electrons. The van der Waals surface area contributed by atoms with Crippen molar-refractivity contribution in [1.29, 1.82) is 0 Å². The number of hydrogen-bond donors (Lipinski definition) is 3. The molecule has 2 atom stereocenters. The predicted molar refractivity (Wildman–Crippen MR) is 92.8 cm³/mol. The molecule has 0 fully saturated rings. The van der Waals surface area contributed by atoms with Crippen LogP contribution in [0.25, 0.3) is 0 Å². The summed E-state index contributed by atoms with van der Waals surface area (Å²) >= 11 is 0. The van der Waals surface area contributed by atoms with Crippen LogP contribution in [-0.2, 0) is 11.2 Å². The zero-order chi connectivity index (χ0) is 16.4. The first-order chi connectivity index (χ1) is 11.0. The summed E-state index contributed by atoms with van der Waals surface area (Å²) in [4.78, 5) is 12.5. The van der Waals surface area contributed by atoms with E-state index in [-0.39, 0.29) is 11.9 Å². The van der Waals surface area contributed by atoms with E-state index in [0.717, 1.165) is 41.6 Å². The van der Waals surface area contributed by atoms with E-state index in [9.17, 15) is 4.79 Å². The van der Waals surface area contributed by atoms with Crippen molar-refractivity contribution in [2.24, 2.45) is 5.73 Å². The number of nitrogen functional groups attached to an aromatic ring is 1. The van der Waals surface area contributed by atoms with E-state index in [4.69, 9.17) is 11.5 Å². The van der Waals surface area contributed by atoms with E-state index in [1.807, 2.05) is 49.4 Å². The molecule has 3 rings (SSSR count). The molecule has 1 aliphatic rings. The number of anilines is 1. The van der Waals surface area contributed by atoms with Crippen molar-refractivity contribution in [3.8, 4) is 0 Å². The van der Waals surface area contributed by atoms with Crippen molar-refractivity contribution in [3.63, 3.8) is 0 Å². The lowest BCUT2D eigenvalue weighted by Gasteiger charge is -2.28. The highest BCUT2D eigenvalue weighted by atomic mass is 16.2. The molecule has 0 heterocycles. The van der Waals surface area contributed by atoms with Gasteiger partial charge in [0.2, 0.25) is 5.91 Å². The number of carbonyl (C=O) groups is 1. The minimum atomic E-state index is -0.644. The number of aryl methyl sites for hydroxylation is 2. The van der Waals surface area contributed by atoms with Gasteiger partial charge in [0.15, 0.2) is 0 Å². The van der Waals surface area contributed by atoms with Crippen LogP contribution in [-0.4, -0.2) is 5.91 Å². The molecular formula is C19H23N3O. The number of carbonyl (C=O) groups excluding carboxylic acids is 1. The Balaban J connectivity index is 1.75. The van der Waals surface area contributed by atoms with Crippen LogP contribution in [0.5, 0.6) is 0 Å². The van der Waals surface area contributed by atoms with E-state index in [1.54, 1.807) is 0 Å². The van der Waals surface area contributed by atoms with Crippen molar-refractivity contribution in [3.05, 3.63) is 64.7 Å². The second kappa shape index (κ2) is 6.42. The molecule has 0 aliphatic heterocycles. The first-order valence-corrected chi connectivity index (χ1v) is 8.05. The van der Waals surface area contributed by atoms with Gasteiger partial charge in [0.05, 0.1) is 6.04 Å². The standard InChI is InChI=1S/C19H23N3O/c1-12-5-7-13(8-6-12)18(21)19(23)22-17-4-2-3-14-11-15(20)9-10-16(14)17/h5-11,17-18H,2-4,20-21H2,1H3,(H,22,23). The van der Waals surface area contributed by atoms with Crippen LogP contribution in [0.4, 0.5) is 5.69 Å². The highest BCUT2D eigenvalue weighted by Crippen LogP contribution is 2.31. The van der Waals surface area contributed by atoms with E-state index >= 15 is 0 Å². The maximum Gasteiger partial charge on any atom is 0.241 e. The summed E-state index contributed by atoms with van der Waals surface area (Å²) in [6.45, 7) is 2.01. The van der Waals surface area contributed by atoms with Crippen LogP contribution in [0.2, 0.25) is 0 Å². The lowest BCUT2D eigenvalue weighted by molar-refractivity contribution is -0.123. The summed E-state index contributed by atoms with van der Waals surface area (Å²) in [6.07, 6.45) is 2.99. The van der Waals surface area contributed by atoms with Gasteiger partial charge in [0, 0.05) is 5.69 Å². The third-order valence-electron chi connectivity index (χ3n) is 4.52. The average Bonchev–Trinajstić information content (AvgIpc) is 2.54. The van der Waals surface area contributed by atoms with Crippen molar-refractivity contribution < 1.29 is 4.79 Å². The van der Waals surface area contributed by atoms with Gasteiger partial charge < -0.3 is 16.8 Å². The monoisotopic (exact) mass is 309 g/mol. The Morgan fingerprint density at radius 2 is 1.96 bits per heavy atom. The van der Waals surface area contributed by atoms with E-state index in [2.05, 4.69) is 5.32 Å². The van der Waals surface area contributed by atoms with E-state index in [0.29, 0.717) is 0 Å². The number of benzene rings is 2. The van der Waals surface area contributed by atoms with Gasteiger partial charge in [-0.15, -0.1) is 0 Å². The quantitative estimate of drug-likeness (QED) is 0.763. The highest BCUT2D eigenvalue weighted by molar-refractivity contribution is 5.83. The van der Waals surface area contributed by atoms with Gasteiger partial charge in [-0.2, -0.15) is 0 Å². The maximum absolute atomic E-state index is 12.5. The minimum absolute atomic E-state index is 0.0170. The topological polar surface area (TPSA) is 81.1 Å².